The monoisotopic (exact) mass is 373 g/mol. The number of hydrogen-bond acceptors (Lipinski definition) is 1. The van der Waals surface area contributed by atoms with E-state index in [1.807, 2.05) is 0 Å². The molecule has 2 N–H and O–H groups in total. The molecule has 1 nitrogen and oxygen atoms in total. The van der Waals surface area contributed by atoms with Gasteiger partial charge in [-0.15, -0.1) is 0 Å². The molecule has 1 unspecified atom stereocenters. The van der Waals surface area contributed by atoms with Crippen LogP contribution in [0, 0.1) is 12.8 Å². The highest BCUT2D eigenvalue weighted by Gasteiger charge is 2.19. The SMILES string of the molecule is Cc1cc(Br)c(C(N)CC2CCCCC2)cc1Br. The summed E-state index contributed by atoms with van der Waals surface area (Å²) < 4.78 is 2.30. The van der Waals surface area contributed by atoms with E-state index < -0.39 is 0 Å². The van der Waals surface area contributed by atoms with Crippen molar-refractivity contribution in [3.05, 3.63) is 32.2 Å². The Morgan fingerprint density at radius 3 is 2.50 bits per heavy atom. The molecule has 0 saturated heterocycles. The first-order valence-electron chi connectivity index (χ1n) is 6.79. The predicted molar refractivity (Wildman–Crippen MR) is 84.7 cm³/mol. The van der Waals surface area contributed by atoms with Crippen LogP contribution < -0.4 is 5.73 Å². The van der Waals surface area contributed by atoms with Gasteiger partial charge in [-0.1, -0.05) is 64.0 Å². The lowest BCUT2D eigenvalue weighted by atomic mass is 9.83. The number of benzene rings is 1. The minimum absolute atomic E-state index is 0.152. The molecule has 1 saturated carbocycles. The molecule has 0 aromatic heterocycles. The highest BCUT2D eigenvalue weighted by molar-refractivity contribution is 9.11. The molecule has 100 valence electrons. The third-order valence-corrected chi connectivity index (χ3v) is 5.53. The van der Waals surface area contributed by atoms with Crippen LogP contribution in [0.5, 0.6) is 0 Å². The van der Waals surface area contributed by atoms with Crippen LogP contribution in [-0.4, -0.2) is 0 Å². The van der Waals surface area contributed by atoms with Crippen LogP contribution >= 0.6 is 31.9 Å². The molecular weight excluding hydrogens is 354 g/mol. The molecule has 1 aromatic carbocycles. The maximum Gasteiger partial charge on any atom is 0.0309 e. The quantitative estimate of drug-likeness (QED) is 0.743. The number of rotatable bonds is 3. The van der Waals surface area contributed by atoms with Crippen LogP contribution in [0.1, 0.15) is 55.7 Å². The van der Waals surface area contributed by atoms with E-state index in [-0.39, 0.29) is 6.04 Å². The first-order valence-corrected chi connectivity index (χ1v) is 8.37. The van der Waals surface area contributed by atoms with Gasteiger partial charge in [-0.05, 0) is 42.5 Å². The number of aryl methyl sites for hydroxylation is 1. The van der Waals surface area contributed by atoms with Gasteiger partial charge in [0.2, 0.25) is 0 Å². The van der Waals surface area contributed by atoms with E-state index in [0.29, 0.717) is 0 Å². The minimum atomic E-state index is 0.152. The summed E-state index contributed by atoms with van der Waals surface area (Å²) in [6, 6.07) is 4.48. The Bertz CT molecular complexity index is 411. The lowest BCUT2D eigenvalue weighted by Gasteiger charge is -2.25. The van der Waals surface area contributed by atoms with Gasteiger partial charge in [0.05, 0.1) is 0 Å². The molecule has 0 amide bonds. The second-order valence-electron chi connectivity index (χ2n) is 5.47. The van der Waals surface area contributed by atoms with Crippen molar-refractivity contribution in [2.45, 2.75) is 51.5 Å². The van der Waals surface area contributed by atoms with Gasteiger partial charge in [-0.3, -0.25) is 0 Å². The Morgan fingerprint density at radius 1 is 1.17 bits per heavy atom. The van der Waals surface area contributed by atoms with Crippen molar-refractivity contribution in [2.24, 2.45) is 11.7 Å². The van der Waals surface area contributed by atoms with Crippen molar-refractivity contribution in [2.75, 3.05) is 0 Å². The summed E-state index contributed by atoms with van der Waals surface area (Å²) in [6.07, 6.45) is 8.02. The van der Waals surface area contributed by atoms with E-state index in [0.717, 1.165) is 21.3 Å². The fraction of sp³-hybridized carbons (Fsp3) is 0.600. The van der Waals surface area contributed by atoms with Crippen molar-refractivity contribution in [1.82, 2.24) is 0 Å². The molecule has 0 spiro atoms. The van der Waals surface area contributed by atoms with Gasteiger partial charge in [0.25, 0.3) is 0 Å². The van der Waals surface area contributed by atoms with Gasteiger partial charge in [0.1, 0.15) is 0 Å². The van der Waals surface area contributed by atoms with Crippen LogP contribution in [0.2, 0.25) is 0 Å². The molecule has 1 aliphatic carbocycles. The summed E-state index contributed by atoms with van der Waals surface area (Å²) >= 11 is 7.24. The van der Waals surface area contributed by atoms with E-state index in [9.17, 15) is 0 Å². The van der Waals surface area contributed by atoms with Crippen LogP contribution in [0.3, 0.4) is 0 Å². The first kappa shape index (κ1) is 14.5. The maximum atomic E-state index is 6.39. The molecule has 0 radical (unpaired) electrons. The van der Waals surface area contributed by atoms with Gasteiger partial charge in [-0.25, -0.2) is 0 Å². The van der Waals surface area contributed by atoms with Crippen molar-refractivity contribution in [3.8, 4) is 0 Å². The van der Waals surface area contributed by atoms with E-state index in [2.05, 4.69) is 50.9 Å². The second kappa shape index (κ2) is 6.53. The Hall–Kier alpha value is 0.140. The molecule has 18 heavy (non-hydrogen) atoms. The van der Waals surface area contributed by atoms with Crippen LogP contribution in [0.15, 0.2) is 21.1 Å². The van der Waals surface area contributed by atoms with Crippen molar-refractivity contribution in [1.29, 1.82) is 0 Å². The molecule has 0 bridgehead atoms. The summed E-state index contributed by atoms with van der Waals surface area (Å²) in [5, 5.41) is 0. The molecule has 1 atom stereocenters. The zero-order chi connectivity index (χ0) is 13.1. The molecule has 3 heteroatoms. The molecule has 0 heterocycles. The summed E-state index contributed by atoms with van der Waals surface area (Å²) in [4.78, 5) is 0. The van der Waals surface area contributed by atoms with Gasteiger partial charge >= 0.3 is 0 Å². The summed E-state index contributed by atoms with van der Waals surface area (Å²) in [5.41, 5.74) is 8.87. The lowest BCUT2D eigenvalue weighted by molar-refractivity contribution is 0.319. The third kappa shape index (κ3) is 3.58. The summed E-state index contributed by atoms with van der Waals surface area (Å²) in [6.45, 7) is 2.10. The molecule has 0 aliphatic heterocycles. The molecular formula is C15H21Br2N. The van der Waals surface area contributed by atoms with Crippen molar-refractivity contribution < 1.29 is 0 Å². The number of hydrogen-bond donors (Lipinski definition) is 1. The van der Waals surface area contributed by atoms with Gasteiger partial charge in [0.15, 0.2) is 0 Å². The highest BCUT2D eigenvalue weighted by Crippen LogP contribution is 2.35. The van der Waals surface area contributed by atoms with E-state index >= 15 is 0 Å². The summed E-state index contributed by atoms with van der Waals surface area (Å²) in [5.74, 6) is 0.820. The van der Waals surface area contributed by atoms with Gasteiger partial charge < -0.3 is 5.73 Å². The molecule has 1 aliphatic rings. The molecule has 1 aromatic rings. The standard InChI is InChI=1S/C15H21Br2N/c1-10-7-14(17)12(9-13(10)16)15(18)8-11-5-3-2-4-6-11/h7,9,11,15H,2-6,8,18H2,1H3. The summed E-state index contributed by atoms with van der Waals surface area (Å²) in [7, 11) is 0. The Morgan fingerprint density at radius 2 is 1.83 bits per heavy atom. The molecule has 2 rings (SSSR count). The minimum Gasteiger partial charge on any atom is -0.324 e. The predicted octanol–water partition coefficient (Wildman–Crippen LogP) is 5.49. The van der Waals surface area contributed by atoms with Gasteiger partial charge in [-0.2, -0.15) is 0 Å². The smallest absolute Gasteiger partial charge is 0.0309 e. The second-order valence-corrected chi connectivity index (χ2v) is 7.18. The largest absolute Gasteiger partial charge is 0.324 e. The third-order valence-electron chi connectivity index (χ3n) is 3.99. The molecule has 1 fully saturated rings. The average molecular weight is 375 g/mol. The fourth-order valence-corrected chi connectivity index (χ4v) is 3.97. The van der Waals surface area contributed by atoms with Crippen LogP contribution in [0.25, 0.3) is 0 Å². The van der Waals surface area contributed by atoms with E-state index in [1.54, 1.807) is 0 Å². The average Bonchev–Trinajstić information content (AvgIpc) is 2.35. The number of nitrogens with two attached hydrogens (primary N) is 1. The normalized spacial score (nSPS) is 18.9. The van der Waals surface area contributed by atoms with Gasteiger partial charge in [0, 0.05) is 15.0 Å². The van der Waals surface area contributed by atoms with Crippen molar-refractivity contribution in [3.63, 3.8) is 0 Å². The Balaban J connectivity index is 2.08. The van der Waals surface area contributed by atoms with Crippen LogP contribution in [0.4, 0.5) is 0 Å². The van der Waals surface area contributed by atoms with E-state index in [1.165, 1.54) is 43.2 Å². The maximum absolute atomic E-state index is 6.39. The highest BCUT2D eigenvalue weighted by atomic mass is 79.9. The van der Waals surface area contributed by atoms with Crippen molar-refractivity contribution >= 4 is 31.9 Å². The zero-order valence-corrected chi connectivity index (χ0v) is 14.1. The number of halogens is 2. The zero-order valence-electron chi connectivity index (χ0n) is 10.9. The van der Waals surface area contributed by atoms with Crippen LogP contribution in [-0.2, 0) is 0 Å². The topological polar surface area (TPSA) is 26.0 Å². The van der Waals surface area contributed by atoms with E-state index in [4.69, 9.17) is 5.73 Å². The fourth-order valence-electron chi connectivity index (χ4n) is 2.85. The Labute approximate surface area is 127 Å². The Kier molecular flexibility index (Phi) is 5.28. The first-order chi connectivity index (χ1) is 8.58. The lowest BCUT2D eigenvalue weighted by Crippen LogP contribution is -2.18.